The maximum Gasteiger partial charge on any atom is 0.373 e. The summed E-state index contributed by atoms with van der Waals surface area (Å²) in [6.45, 7) is 1.60. The number of carbonyl (C=O) groups excluding carboxylic acids is 1. The van der Waals surface area contributed by atoms with E-state index < -0.39 is 5.97 Å². The standard InChI is InChI=1S/C19H20O4/c1-14-8-9-16(12-15-6-4-3-5-7-15)13-18(14)23-17(10-11-20)19(21)22-2/h3-10,13,20H,11-12H2,1-2H3/b17-10-. The molecule has 0 aromatic heterocycles. The molecule has 2 aromatic carbocycles. The van der Waals surface area contributed by atoms with E-state index in [-0.39, 0.29) is 12.4 Å². The first kappa shape index (κ1) is 16.8. The fourth-order valence-corrected chi connectivity index (χ4v) is 2.16. The topological polar surface area (TPSA) is 55.8 Å². The maximum atomic E-state index is 11.7. The molecule has 23 heavy (non-hydrogen) atoms. The van der Waals surface area contributed by atoms with Gasteiger partial charge in [0, 0.05) is 0 Å². The van der Waals surface area contributed by atoms with Crippen molar-refractivity contribution in [3.05, 3.63) is 77.1 Å². The van der Waals surface area contributed by atoms with Crippen LogP contribution in [0, 0.1) is 6.92 Å². The van der Waals surface area contributed by atoms with E-state index in [0.29, 0.717) is 5.75 Å². The van der Waals surface area contributed by atoms with Gasteiger partial charge in [-0.25, -0.2) is 4.79 Å². The molecule has 0 atom stereocenters. The molecule has 0 unspecified atom stereocenters. The van der Waals surface area contributed by atoms with Crippen molar-refractivity contribution >= 4 is 5.97 Å². The predicted molar refractivity (Wildman–Crippen MR) is 88.2 cm³/mol. The number of ether oxygens (including phenoxy) is 2. The summed E-state index contributed by atoms with van der Waals surface area (Å²) in [6.07, 6.45) is 2.06. The SMILES string of the molecule is COC(=O)/C(=C/CO)Oc1cc(Cc2ccccc2)ccc1C. The highest BCUT2D eigenvalue weighted by molar-refractivity contribution is 5.86. The van der Waals surface area contributed by atoms with Gasteiger partial charge in [0.25, 0.3) is 0 Å². The molecule has 0 amide bonds. The lowest BCUT2D eigenvalue weighted by atomic mass is 10.0. The lowest BCUT2D eigenvalue weighted by Crippen LogP contribution is -2.12. The third-order valence-corrected chi connectivity index (χ3v) is 3.39. The Kier molecular flexibility index (Phi) is 5.94. The number of hydrogen-bond acceptors (Lipinski definition) is 4. The van der Waals surface area contributed by atoms with Gasteiger partial charge in [0.1, 0.15) is 5.75 Å². The van der Waals surface area contributed by atoms with Gasteiger partial charge in [-0.05, 0) is 42.2 Å². The number of carbonyl (C=O) groups is 1. The van der Waals surface area contributed by atoms with Crippen molar-refractivity contribution in [3.63, 3.8) is 0 Å². The van der Waals surface area contributed by atoms with E-state index in [1.165, 1.54) is 18.7 Å². The fraction of sp³-hybridized carbons (Fsp3) is 0.211. The quantitative estimate of drug-likeness (QED) is 0.506. The first-order valence-corrected chi connectivity index (χ1v) is 7.34. The second kappa shape index (κ2) is 8.15. The summed E-state index contributed by atoms with van der Waals surface area (Å²) in [4.78, 5) is 11.7. The van der Waals surface area contributed by atoms with Crippen LogP contribution in [0.2, 0.25) is 0 Å². The molecule has 0 spiro atoms. The molecule has 0 saturated carbocycles. The minimum Gasteiger partial charge on any atom is -0.463 e. The highest BCUT2D eigenvalue weighted by Gasteiger charge is 2.14. The molecule has 0 aliphatic rings. The average Bonchev–Trinajstić information content (AvgIpc) is 2.57. The van der Waals surface area contributed by atoms with E-state index in [4.69, 9.17) is 9.84 Å². The Morgan fingerprint density at radius 2 is 1.87 bits per heavy atom. The molecule has 0 aliphatic carbocycles. The molecule has 2 rings (SSSR count). The molecular weight excluding hydrogens is 292 g/mol. The largest absolute Gasteiger partial charge is 0.463 e. The lowest BCUT2D eigenvalue weighted by molar-refractivity contribution is -0.138. The average molecular weight is 312 g/mol. The predicted octanol–water partition coefficient (Wildman–Crippen LogP) is 3.01. The molecule has 4 nitrogen and oxygen atoms in total. The number of aliphatic hydroxyl groups excluding tert-OH is 1. The zero-order valence-corrected chi connectivity index (χ0v) is 13.3. The molecule has 0 aliphatic heterocycles. The van der Waals surface area contributed by atoms with Crippen molar-refractivity contribution in [3.8, 4) is 5.75 Å². The summed E-state index contributed by atoms with van der Waals surface area (Å²) < 4.78 is 10.3. The van der Waals surface area contributed by atoms with Crippen LogP contribution in [0.25, 0.3) is 0 Å². The van der Waals surface area contributed by atoms with Gasteiger partial charge >= 0.3 is 5.97 Å². The van der Waals surface area contributed by atoms with E-state index in [2.05, 4.69) is 16.9 Å². The Hall–Kier alpha value is -2.59. The van der Waals surface area contributed by atoms with Crippen LogP contribution in [0.1, 0.15) is 16.7 Å². The minimum atomic E-state index is -0.619. The van der Waals surface area contributed by atoms with Crippen molar-refractivity contribution in [2.45, 2.75) is 13.3 Å². The molecule has 120 valence electrons. The molecule has 2 aromatic rings. The van der Waals surface area contributed by atoms with Gasteiger partial charge in [0.05, 0.1) is 13.7 Å². The van der Waals surface area contributed by atoms with Gasteiger partial charge in [-0.1, -0.05) is 42.5 Å². The van der Waals surface area contributed by atoms with Crippen LogP contribution in [0.3, 0.4) is 0 Å². The summed E-state index contributed by atoms with van der Waals surface area (Å²) >= 11 is 0. The monoisotopic (exact) mass is 312 g/mol. The fourth-order valence-electron chi connectivity index (χ4n) is 2.16. The Morgan fingerprint density at radius 1 is 1.13 bits per heavy atom. The second-order valence-electron chi connectivity index (χ2n) is 5.11. The highest BCUT2D eigenvalue weighted by Crippen LogP contribution is 2.23. The third kappa shape index (κ3) is 4.69. The maximum absolute atomic E-state index is 11.7. The summed E-state index contributed by atoms with van der Waals surface area (Å²) in [7, 11) is 1.27. The third-order valence-electron chi connectivity index (χ3n) is 3.39. The van der Waals surface area contributed by atoms with Gasteiger partial charge in [0.15, 0.2) is 0 Å². The number of hydrogen-bond donors (Lipinski definition) is 1. The molecule has 0 saturated heterocycles. The van der Waals surface area contributed by atoms with Gasteiger partial charge in [-0.3, -0.25) is 0 Å². The first-order valence-electron chi connectivity index (χ1n) is 7.34. The Balaban J connectivity index is 2.23. The highest BCUT2D eigenvalue weighted by atomic mass is 16.6. The Bertz CT molecular complexity index is 690. The number of esters is 1. The van der Waals surface area contributed by atoms with Crippen LogP contribution in [0.5, 0.6) is 5.75 Å². The van der Waals surface area contributed by atoms with Crippen LogP contribution in [-0.4, -0.2) is 24.8 Å². The molecule has 0 radical (unpaired) electrons. The molecule has 0 bridgehead atoms. The zero-order chi connectivity index (χ0) is 16.7. The normalized spacial score (nSPS) is 11.2. The van der Waals surface area contributed by atoms with Gasteiger partial charge in [-0.2, -0.15) is 0 Å². The van der Waals surface area contributed by atoms with Crippen LogP contribution in [-0.2, 0) is 16.0 Å². The summed E-state index contributed by atoms with van der Waals surface area (Å²) in [6, 6.07) is 16.0. The number of benzene rings is 2. The van der Waals surface area contributed by atoms with E-state index in [1.54, 1.807) is 0 Å². The summed E-state index contributed by atoms with van der Waals surface area (Å²) in [5.41, 5.74) is 3.17. The lowest BCUT2D eigenvalue weighted by Gasteiger charge is -2.12. The van der Waals surface area contributed by atoms with E-state index in [1.807, 2.05) is 43.3 Å². The van der Waals surface area contributed by atoms with Crippen LogP contribution >= 0.6 is 0 Å². The number of aryl methyl sites for hydroxylation is 1. The van der Waals surface area contributed by atoms with Crippen molar-refractivity contribution in [1.82, 2.24) is 0 Å². The smallest absolute Gasteiger partial charge is 0.373 e. The number of rotatable bonds is 6. The molecule has 0 fully saturated rings. The van der Waals surface area contributed by atoms with E-state index in [9.17, 15) is 4.79 Å². The number of aliphatic hydroxyl groups is 1. The second-order valence-corrected chi connectivity index (χ2v) is 5.11. The molecular formula is C19H20O4. The number of methoxy groups -OCH3 is 1. The van der Waals surface area contributed by atoms with Crippen LogP contribution in [0.15, 0.2) is 60.4 Å². The van der Waals surface area contributed by atoms with Gasteiger partial charge in [0.2, 0.25) is 5.76 Å². The van der Waals surface area contributed by atoms with Gasteiger partial charge in [-0.15, -0.1) is 0 Å². The van der Waals surface area contributed by atoms with Crippen LogP contribution in [0.4, 0.5) is 0 Å². The van der Waals surface area contributed by atoms with Gasteiger partial charge < -0.3 is 14.6 Å². The Labute approximate surface area is 136 Å². The van der Waals surface area contributed by atoms with Crippen molar-refractivity contribution < 1.29 is 19.4 Å². The molecule has 0 heterocycles. The minimum absolute atomic E-state index is 0.0186. The zero-order valence-electron chi connectivity index (χ0n) is 13.3. The summed E-state index contributed by atoms with van der Waals surface area (Å²) in [5.74, 6) is -0.0644. The van der Waals surface area contributed by atoms with E-state index in [0.717, 1.165) is 17.5 Å². The molecule has 4 heteroatoms. The van der Waals surface area contributed by atoms with Crippen molar-refractivity contribution in [1.29, 1.82) is 0 Å². The van der Waals surface area contributed by atoms with Crippen molar-refractivity contribution in [2.24, 2.45) is 0 Å². The molecule has 1 N–H and O–H groups in total. The first-order chi connectivity index (χ1) is 11.1. The van der Waals surface area contributed by atoms with E-state index >= 15 is 0 Å². The Morgan fingerprint density at radius 3 is 2.52 bits per heavy atom. The summed E-state index contributed by atoms with van der Waals surface area (Å²) in [5, 5.41) is 9.01. The van der Waals surface area contributed by atoms with Crippen LogP contribution < -0.4 is 4.74 Å². The van der Waals surface area contributed by atoms with Crippen molar-refractivity contribution in [2.75, 3.05) is 13.7 Å².